The van der Waals surface area contributed by atoms with Gasteiger partial charge >= 0.3 is 0 Å². The fourth-order valence-corrected chi connectivity index (χ4v) is 3.79. The van der Waals surface area contributed by atoms with E-state index in [0.29, 0.717) is 18.4 Å². The van der Waals surface area contributed by atoms with Gasteiger partial charge in [-0.05, 0) is 31.4 Å². The molecular formula is C12H21NOS. The maximum Gasteiger partial charge on any atom is 0.224 e. The van der Waals surface area contributed by atoms with E-state index in [9.17, 15) is 4.79 Å². The highest BCUT2D eigenvalue weighted by molar-refractivity contribution is 8.00. The first-order valence-electron chi connectivity index (χ1n) is 6.02. The van der Waals surface area contributed by atoms with Crippen LogP contribution in [-0.4, -0.2) is 33.9 Å². The minimum Gasteiger partial charge on any atom is -0.340 e. The van der Waals surface area contributed by atoms with E-state index in [2.05, 4.69) is 18.7 Å². The van der Waals surface area contributed by atoms with Gasteiger partial charge in [-0.3, -0.25) is 4.79 Å². The molecule has 0 radical (unpaired) electrons. The predicted octanol–water partition coefficient (Wildman–Crippen LogP) is 2.67. The average Bonchev–Trinajstić information content (AvgIpc) is 2.15. The summed E-state index contributed by atoms with van der Waals surface area (Å²) in [5, 5.41) is 0. The third kappa shape index (κ3) is 2.68. The number of fused-ring (bicyclic) bond motifs is 1. The summed E-state index contributed by atoms with van der Waals surface area (Å²) in [5.41, 5.74) is 0. The molecule has 0 spiro atoms. The zero-order valence-electron chi connectivity index (χ0n) is 9.79. The zero-order chi connectivity index (χ0) is 10.9. The molecule has 2 aliphatic heterocycles. The summed E-state index contributed by atoms with van der Waals surface area (Å²) < 4.78 is 0.138. The lowest BCUT2D eigenvalue weighted by Crippen LogP contribution is -2.47. The number of hydrogen-bond acceptors (Lipinski definition) is 2. The number of carbonyl (C=O) groups is 1. The van der Waals surface area contributed by atoms with Gasteiger partial charge < -0.3 is 4.90 Å². The number of carbonyl (C=O) groups excluding carboxylic acids is 1. The molecule has 1 unspecified atom stereocenters. The maximum atomic E-state index is 12.1. The summed E-state index contributed by atoms with van der Waals surface area (Å²) in [6, 6.07) is 0.551. The molecule has 2 fully saturated rings. The Morgan fingerprint density at radius 3 is 2.93 bits per heavy atom. The van der Waals surface area contributed by atoms with Crippen molar-refractivity contribution in [2.24, 2.45) is 0 Å². The van der Waals surface area contributed by atoms with Gasteiger partial charge in [0.2, 0.25) is 5.91 Å². The lowest BCUT2D eigenvalue weighted by Gasteiger charge is -2.40. The van der Waals surface area contributed by atoms with E-state index in [0.717, 1.165) is 6.54 Å². The smallest absolute Gasteiger partial charge is 0.224 e. The second kappa shape index (κ2) is 4.36. The molecule has 0 aromatic heterocycles. The highest BCUT2D eigenvalue weighted by Gasteiger charge is 2.33. The van der Waals surface area contributed by atoms with E-state index in [1.54, 1.807) is 0 Å². The topological polar surface area (TPSA) is 20.3 Å². The second-order valence-corrected chi connectivity index (χ2v) is 7.11. The van der Waals surface area contributed by atoms with Gasteiger partial charge in [-0.25, -0.2) is 0 Å². The van der Waals surface area contributed by atoms with Crippen molar-refractivity contribution >= 4 is 17.7 Å². The molecule has 2 heterocycles. The Balaban J connectivity index is 2.08. The maximum absolute atomic E-state index is 12.1. The van der Waals surface area contributed by atoms with Gasteiger partial charge in [-0.15, -0.1) is 0 Å². The molecule has 0 aromatic carbocycles. The van der Waals surface area contributed by atoms with Crippen LogP contribution in [0.3, 0.4) is 0 Å². The van der Waals surface area contributed by atoms with Gasteiger partial charge in [0, 0.05) is 23.8 Å². The van der Waals surface area contributed by atoms with Gasteiger partial charge in [0.15, 0.2) is 0 Å². The first-order chi connectivity index (χ1) is 7.08. The van der Waals surface area contributed by atoms with Crippen molar-refractivity contribution in [3.05, 3.63) is 0 Å². The first kappa shape index (κ1) is 11.3. The van der Waals surface area contributed by atoms with E-state index in [4.69, 9.17) is 0 Å². The number of nitrogens with zero attached hydrogens (tertiary/aromatic N) is 1. The normalized spacial score (nSPS) is 31.7. The molecule has 0 aliphatic carbocycles. The molecular weight excluding hydrogens is 206 g/mol. The lowest BCUT2D eigenvalue weighted by molar-refractivity contribution is -0.135. The Labute approximate surface area is 96.8 Å². The fourth-order valence-electron chi connectivity index (χ4n) is 2.62. The van der Waals surface area contributed by atoms with E-state index in [1.165, 1.54) is 31.4 Å². The fraction of sp³-hybridized carbons (Fsp3) is 0.917. The Bertz CT molecular complexity index is 252. The molecule has 86 valence electrons. The van der Waals surface area contributed by atoms with Crippen molar-refractivity contribution in [1.82, 2.24) is 4.90 Å². The SMILES string of the molecule is CC1(C)CC(=O)N2CCCCC2CCS1. The molecule has 2 rings (SSSR count). The van der Waals surface area contributed by atoms with E-state index in [1.807, 2.05) is 11.8 Å². The highest BCUT2D eigenvalue weighted by Crippen LogP contribution is 2.34. The molecule has 3 heteroatoms. The molecule has 2 aliphatic rings. The van der Waals surface area contributed by atoms with Gasteiger partial charge in [0.25, 0.3) is 0 Å². The Kier molecular flexibility index (Phi) is 3.29. The third-order valence-corrected chi connectivity index (χ3v) is 4.83. The van der Waals surface area contributed by atoms with Crippen LogP contribution in [0.15, 0.2) is 0 Å². The van der Waals surface area contributed by atoms with Crippen LogP contribution in [0.4, 0.5) is 0 Å². The van der Waals surface area contributed by atoms with Crippen LogP contribution in [0.25, 0.3) is 0 Å². The summed E-state index contributed by atoms with van der Waals surface area (Å²) in [6.07, 6.45) is 5.65. The van der Waals surface area contributed by atoms with Crippen LogP contribution in [0.2, 0.25) is 0 Å². The monoisotopic (exact) mass is 227 g/mol. The Morgan fingerprint density at radius 1 is 1.33 bits per heavy atom. The second-order valence-electron chi connectivity index (χ2n) is 5.31. The van der Waals surface area contributed by atoms with Crippen molar-refractivity contribution in [3.8, 4) is 0 Å². The summed E-state index contributed by atoms with van der Waals surface area (Å²) in [7, 11) is 0. The van der Waals surface area contributed by atoms with Crippen molar-refractivity contribution < 1.29 is 4.79 Å². The molecule has 0 saturated carbocycles. The summed E-state index contributed by atoms with van der Waals surface area (Å²) >= 11 is 1.97. The molecule has 1 amide bonds. The Hall–Kier alpha value is -0.180. The van der Waals surface area contributed by atoms with Crippen LogP contribution in [0, 0.1) is 0 Å². The van der Waals surface area contributed by atoms with Crippen molar-refractivity contribution in [2.75, 3.05) is 12.3 Å². The lowest BCUT2D eigenvalue weighted by atomic mass is 9.98. The van der Waals surface area contributed by atoms with Gasteiger partial charge in [0.1, 0.15) is 0 Å². The third-order valence-electron chi connectivity index (χ3n) is 3.47. The zero-order valence-corrected chi connectivity index (χ0v) is 10.6. The molecule has 15 heavy (non-hydrogen) atoms. The molecule has 0 N–H and O–H groups in total. The number of hydrogen-bond donors (Lipinski definition) is 0. The van der Waals surface area contributed by atoms with E-state index >= 15 is 0 Å². The molecule has 0 bridgehead atoms. The van der Waals surface area contributed by atoms with Gasteiger partial charge in [-0.2, -0.15) is 11.8 Å². The summed E-state index contributed by atoms with van der Waals surface area (Å²) in [4.78, 5) is 14.3. The summed E-state index contributed by atoms with van der Waals surface area (Å²) in [5.74, 6) is 1.60. The van der Waals surface area contributed by atoms with Gasteiger partial charge in [0.05, 0.1) is 0 Å². The minimum atomic E-state index is 0.138. The largest absolute Gasteiger partial charge is 0.340 e. The molecule has 1 atom stereocenters. The number of thioether (sulfide) groups is 1. The van der Waals surface area contributed by atoms with Crippen LogP contribution in [-0.2, 0) is 4.79 Å². The van der Waals surface area contributed by atoms with Crippen molar-refractivity contribution in [2.45, 2.75) is 56.7 Å². The Morgan fingerprint density at radius 2 is 2.13 bits per heavy atom. The molecule has 0 aromatic rings. The minimum absolute atomic E-state index is 0.138. The standard InChI is InChI=1S/C12H21NOS/c1-12(2)9-11(14)13-7-4-3-5-10(13)6-8-15-12/h10H,3-9H2,1-2H3. The summed E-state index contributed by atoms with van der Waals surface area (Å²) in [6.45, 7) is 5.39. The first-order valence-corrected chi connectivity index (χ1v) is 7.00. The molecule has 2 saturated heterocycles. The number of piperidine rings is 1. The predicted molar refractivity (Wildman–Crippen MR) is 65.1 cm³/mol. The van der Waals surface area contributed by atoms with Crippen molar-refractivity contribution in [3.63, 3.8) is 0 Å². The van der Waals surface area contributed by atoms with Crippen LogP contribution >= 0.6 is 11.8 Å². The number of rotatable bonds is 0. The molecule has 2 nitrogen and oxygen atoms in total. The van der Waals surface area contributed by atoms with Gasteiger partial charge in [-0.1, -0.05) is 13.8 Å². The highest BCUT2D eigenvalue weighted by atomic mass is 32.2. The van der Waals surface area contributed by atoms with Crippen LogP contribution in [0.1, 0.15) is 46.0 Å². The van der Waals surface area contributed by atoms with E-state index in [-0.39, 0.29) is 4.75 Å². The number of amides is 1. The van der Waals surface area contributed by atoms with Crippen molar-refractivity contribution in [1.29, 1.82) is 0 Å². The quantitative estimate of drug-likeness (QED) is 0.634. The average molecular weight is 227 g/mol. The van der Waals surface area contributed by atoms with Crippen LogP contribution < -0.4 is 0 Å². The van der Waals surface area contributed by atoms with Crippen LogP contribution in [0.5, 0.6) is 0 Å². The van der Waals surface area contributed by atoms with E-state index < -0.39 is 0 Å².